The molecule has 0 unspecified atom stereocenters. The van der Waals surface area contributed by atoms with Crippen molar-refractivity contribution >= 4 is 12.0 Å². The van der Waals surface area contributed by atoms with Crippen molar-refractivity contribution in [2.24, 2.45) is 0 Å². The Labute approximate surface area is 88.0 Å². The molecule has 0 bridgehead atoms. The van der Waals surface area contributed by atoms with Crippen LogP contribution in [0.5, 0.6) is 5.75 Å². The van der Waals surface area contributed by atoms with Crippen LogP contribution in [-0.4, -0.2) is 16.7 Å². The maximum Gasteiger partial charge on any atom is 0.351 e. The number of carboxylic acids is 1. The fraction of sp³-hybridized carbons (Fsp3) is 0.250. The summed E-state index contributed by atoms with van der Waals surface area (Å²) in [6.45, 7) is 3.45. The quantitative estimate of drug-likeness (QED) is 0.763. The standard InChI is InChI=1S/C12H12O3/c1-8-4-3-5-9-6-7-12(2,11(13)14)15-10(8)9/h3-7H,1-2H3,(H,13,14)/t12-/m1/s1. The molecule has 0 spiro atoms. The molecular weight excluding hydrogens is 192 g/mol. The van der Waals surface area contributed by atoms with Crippen LogP contribution >= 0.6 is 0 Å². The Balaban J connectivity index is 2.50. The van der Waals surface area contributed by atoms with Crippen LogP contribution in [0.1, 0.15) is 18.1 Å². The molecule has 2 rings (SSSR count). The van der Waals surface area contributed by atoms with Crippen LogP contribution < -0.4 is 4.74 Å². The van der Waals surface area contributed by atoms with Gasteiger partial charge in [-0.25, -0.2) is 4.79 Å². The van der Waals surface area contributed by atoms with Gasteiger partial charge in [-0.15, -0.1) is 0 Å². The Morgan fingerprint density at radius 3 is 2.87 bits per heavy atom. The first kappa shape index (κ1) is 9.77. The fourth-order valence-corrected chi connectivity index (χ4v) is 1.56. The Hall–Kier alpha value is -1.77. The van der Waals surface area contributed by atoms with E-state index in [9.17, 15) is 4.79 Å². The van der Waals surface area contributed by atoms with E-state index in [1.54, 1.807) is 19.1 Å². The average molecular weight is 204 g/mol. The van der Waals surface area contributed by atoms with Crippen molar-refractivity contribution in [1.82, 2.24) is 0 Å². The summed E-state index contributed by atoms with van der Waals surface area (Å²) in [7, 11) is 0. The van der Waals surface area contributed by atoms with E-state index in [2.05, 4.69) is 0 Å². The van der Waals surface area contributed by atoms with Gasteiger partial charge in [-0.1, -0.05) is 24.3 Å². The Kier molecular flexibility index (Phi) is 2.03. The Bertz CT molecular complexity index is 448. The zero-order chi connectivity index (χ0) is 11.1. The Morgan fingerprint density at radius 2 is 2.20 bits per heavy atom. The summed E-state index contributed by atoms with van der Waals surface area (Å²) in [5.41, 5.74) is 0.622. The van der Waals surface area contributed by atoms with Gasteiger partial charge in [0.2, 0.25) is 5.60 Å². The Morgan fingerprint density at radius 1 is 1.47 bits per heavy atom. The van der Waals surface area contributed by atoms with Gasteiger partial charge in [0, 0.05) is 5.56 Å². The lowest BCUT2D eigenvalue weighted by atomic mass is 9.99. The molecule has 0 radical (unpaired) electrons. The minimum absolute atomic E-state index is 0.657. The predicted molar refractivity (Wildman–Crippen MR) is 56.9 cm³/mol. The van der Waals surface area contributed by atoms with Crippen LogP contribution in [0.2, 0.25) is 0 Å². The van der Waals surface area contributed by atoms with Crippen molar-refractivity contribution in [3.8, 4) is 5.75 Å². The molecule has 1 heterocycles. The van der Waals surface area contributed by atoms with Crippen LogP contribution in [-0.2, 0) is 4.79 Å². The largest absolute Gasteiger partial charge is 0.478 e. The molecule has 1 N–H and O–H groups in total. The number of fused-ring (bicyclic) bond motifs is 1. The molecular formula is C12H12O3. The molecule has 0 amide bonds. The van der Waals surface area contributed by atoms with E-state index < -0.39 is 11.6 Å². The summed E-state index contributed by atoms with van der Waals surface area (Å²) in [6, 6.07) is 5.73. The molecule has 0 saturated carbocycles. The molecule has 1 atom stereocenters. The molecule has 78 valence electrons. The van der Waals surface area contributed by atoms with Crippen LogP contribution in [0.3, 0.4) is 0 Å². The highest BCUT2D eigenvalue weighted by Crippen LogP contribution is 2.33. The highest BCUT2D eigenvalue weighted by molar-refractivity contribution is 5.83. The number of carbonyl (C=O) groups is 1. The molecule has 0 fully saturated rings. The lowest BCUT2D eigenvalue weighted by molar-refractivity contribution is -0.149. The predicted octanol–water partition coefficient (Wildman–Crippen LogP) is 2.24. The molecule has 1 aromatic carbocycles. The zero-order valence-electron chi connectivity index (χ0n) is 8.65. The summed E-state index contributed by atoms with van der Waals surface area (Å²) in [5, 5.41) is 9.04. The number of para-hydroxylation sites is 1. The summed E-state index contributed by atoms with van der Waals surface area (Å²) in [5.74, 6) is -0.322. The topological polar surface area (TPSA) is 46.5 Å². The summed E-state index contributed by atoms with van der Waals surface area (Å²) < 4.78 is 5.53. The van der Waals surface area contributed by atoms with Crippen LogP contribution in [0.25, 0.3) is 6.08 Å². The van der Waals surface area contributed by atoms with Gasteiger partial charge >= 0.3 is 5.97 Å². The first-order valence-corrected chi connectivity index (χ1v) is 4.74. The molecule has 0 aromatic heterocycles. The molecule has 1 aliphatic heterocycles. The van der Waals surface area contributed by atoms with E-state index in [4.69, 9.17) is 9.84 Å². The fourth-order valence-electron chi connectivity index (χ4n) is 1.56. The van der Waals surface area contributed by atoms with E-state index in [0.29, 0.717) is 5.75 Å². The molecule has 3 heteroatoms. The SMILES string of the molecule is Cc1cccc2c1O[C@@](C)(C(=O)O)C=C2. The van der Waals surface area contributed by atoms with Crippen molar-refractivity contribution in [3.63, 3.8) is 0 Å². The second-order valence-corrected chi connectivity index (χ2v) is 3.84. The maximum absolute atomic E-state index is 11.0. The van der Waals surface area contributed by atoms with Gasteiger partial charge in [0.25, 0.3) is 0 Å². The van der Waals surface area contributed by atoms with Crippen LogP contribution in [0.4, 0.5) is 0 Å². The lowest BCUT2D eigenvalue weighted by Gasteiger charge is -2.28. The van der Waals surface area contributed by atoms with Crippen molar-refractivity contribution in [2.45, 2.75) is 19.4 Å². The minimum Gasteiger partial charge on any atom is -0.478 e. The summed E-state index contributed by atoms with van der Waals surface area (Å²) >= 11 is 0. The van der Waals surface area contributed by atoms with E-state index in [1.807, 2.05) is 25.1 Å². The van der Waals surface area contributed by atoms with Gasteiger partial charge in [-0.05, 0) is 25.5 Å². The smallest absolute Gasteiger partial charge is 0.351 e. The maximum atomic E-state index is 11.0. The van der Waals surface area contributed by atoms with Gasteiger partial charge in [-0.2, -0.15) is 0 Å². The first-order valence-electron chi connectivity index (χ1n) is 4.74. The summed E-state index contributed by atoms with van der Waals surface area (Å²) in [6.07, 6.45) is 3.36. The number of hydrogen-bond acceptors (Lipinski definition) is 2. The zero-order valence-corrected chi connectivity index (χ0v) is 8.65. The third-order valence-corrected chi connectivity index (χ3v) is 2.56. The van der Waals surface area contributed by atoms with E-state index >= 15 is 0 Å². The first-order chi connectivity index (χ1) is 7.03. The third-order valence-electron chi connectivity index (χ3n) is 2.56. The van der Waals surface area contributed by atoms with Crippen molar-refractivity contribution in [2.75, 3.05) is 0 Å². The number of aliphatic carboxylic acids is 1. The summed E-state index contributed by atoms with van der Waals surface area (Å²) in [4.78, 5) is 11.0. The lowest BCUT2D eigenvalue weighted by Crippen LogP contribution is -2.40. The molecule has 0 aliphatic carbocycles. The number of aryl methyl sites for hydroxylation is 1. The number of carboxylic acid groups (broad SMARTS) is 1. The normalized spacial score (nSPS) is 23.1. The van der Waals surface area contributed by atoms with Crippen molar-refractivity contribution in [3.05, 3.63) is 35.4 Å². The van der Waals surface area contributed by atoms with E-state index in [-0.39, 0.29) is 0 Å². The second-order valence-electron chi connectivity index (χ2n) is 3.84. The highest BCUT2D eigenvalue weighted by atomic mass is 16.5. The molecule has 15 heavy (non-hydrogen) atoms. The van der Waals surface area contributed by atoms with Gasteiger partial charge in [-0.3, -0.25) is 0 Å². The van der Waals surface area contributed by atoms with Gasteiger partial charge in [0.15, 0.2) is 0 Å². The number of rotatable bonds is 1. The van der Waals surface area contributed by atoms with Gasteiger partial charge < -0.3 is 9.84 Å². The van der Waals surface area contributed by atoms with Crippen LogP contribution in [0.15, 0.2) is 24.3 Å². The monoisotopic (exact) mass is 204 g/mol. The molecule has 1 aromatic rings. The number of benzene rings is 1. The van der Waals surface area contributed by atoms with E-state index in [1.165, 1.54) is 0 Å². The van der Waals surface area contributed by atoms with Gasteiger partial charge in [0.05, 0.1) is 0 Å². The van der Waals surface area contributed by atoms with Crippen LogP contribution in [0, 0.1) is 6.92 Å². The number of ether oxygens (including phenoxy) is 1. The number of hydrogen-bond donors (Lipinski definition) is 1. The highest BCUT2D eigenvalue weighted by Gasteiger charge is 2.35. The van der Waals surface area contributed by atoms with Crippen molar-refractivity contribution < 1.29 is 14.6 Å². The molecule has 1 aliphatic rings. The molecule has 0 saturated heterocycles. The van der Waals surface area contributed by atoms with Crippen molar-refractivity contribution in [1.29, 1.82) is 0 Å². The average Bonchev–Trinajstić information content (AvgIpc) is 2.19. The van der Waals surface area contributed by atoms with E-state index in [0.717, 1.165) is 11.1 Å². The molecule has 3 nitrogen and oxygen atoms in total. The van der Waals surface area contributed by atoms with Gasteiger partial charge in [0.1, 0.15) is 5.75 Å². The minimum atomic E-state index is -1.25. The second kappa shape index (κ2) is 3.12. The third kappa shape index (κ3) is 1.50.